The minimum atomic E-state index is -0.539. The Morgan fingerprint density at radius 3 is 2.65 bits per heavy atom. The van der Waals surface area contributed by atoms with E-state index in [4.69, 9.17) is 0 Å². The lowest BCUT2D eigenvalue weighted by molar-refractivity contribution is -0.126. The van der Waals surface area contributed by atoms with Gasteiger partial charge in [-0.15, -0.1) is 0 Å². The van der Waals surface area contributed by atoms with Gasteiger partial charge >= 0.3 is 0 Å². The maximum atomic E-state index is 12.5. The molecule has 0 heterocycles. The maximum absolute atomic E-state index is 12.5. The fraction of sp³-hybridized carbons (Fsp3) is 0.350. The first-order chi connectivity index (χ1) is 11.0. The Labute approximate surface area is 137 Å². The first kappa shape index (κ1) is 15.8. The lowest BCUT2D eigenvalue weighted by Gasteiger charge is -2.21. The van der Waals surface area contributed by atoms with E-state index >= 15 is 0 Å². The number of aryl methyl sites for hydroxylation is 1. The number of fused-ring (bicyclic) bond motifs is 1. The highest BCUT2D eigenvalue weighted by atomic mass is 16.3. The van der Waals surface area contributed by atoms with Gasteiger partial charge in [0.2, 0.25) is 5.91 Å². The highest BCUT2D eigenvalue weighted by Crippen LogP contribution is 2.31. The summed E-state index contributed by atoms with van der Waals surface area (Å²) in [4.78, 5) is 12.5. The predicted molar refractivity (Wildman–Crippen MR) is 91.1 cm³/mol. The molecular formula is C20H23NO2. The molecule has 2 N–H and O–H groups in total. The third-order valence-electron chi connectivity index (χ3n) is 4.61. The number of hydrogen-bond acceptors (Lipinski definition) is 2. The van der Waals surface area contributed by atoms with Crippen molar-refractivity contribution in [1.82, 2.24) is 5.32 Å². The van der Waals surface area contributed by atoms with Gasteiger partial charge in [0.25, 0.3) is 0 Å². The van der Waals surface area contributed by atoms with Crippen LogP contribution in [0.15, 0.2) is 48.5 Å². The standard InChI is InChI=1S/C20H23NO2/c1-13-7-9-15(10-8-13)11-14(2)20(23)21-19-17-6-4-3-5-16(17)12-18(19)22/h3-10,14,18-19,22H,11-12H2,1-2H3,(H,21,23). The third-order valence-corrected chi connectivity index (χ3v) is 4.61. The molecule has 120 valence electrons. The van der Waals surface area contributed by atoms with Gasteiger partial charge in [0.05, 0.1) is 12.1 Å². The topological polar surface area (TPSA) is 49.3 Å². The first-order valence-electron chi connectivity index (χ1n) is 8.16. The summed E-state index contributed by atoms with van der Waals surface area (Å²) in [7, 11) is 0. The van der Waals surface area contributed by atoms with Crippen LogP contribution in [0.1, 0.15) is 35.2 Å². The molecular weight excluding hydrogens is 286 g/mol. The Balaban J connectivity index is 1.66. The number of carbonyl (C=O) groups excluding carboxylic acids is 1. The molecule has 0 spiro atoms. The largest absolute Gasteiger partial charge is 0.390 e. The van der Waals surface area contributed by atoms with Crippen molar-refractivity contribution >= 4 is 5.91 Å². The normalized spacial score (nSPS) is 20.8. The summed E-state index contributed by atoms with van der Waals surface area (Å²) in [5, 5.41) is 13.3. The van der Waals surface area contributed by atoms with Crippen LogP contribution >= 0.6 is 0 Å². The van der Waals surface area contributed by atoms with Crippen molar-refractivity contribution in [2.45, 2.75) is 38.8 Å². The molecule has 3 nitrogen and oxygen atoms in total. The molecule has 1 aliphatic carbocycles. The van der Waals surface area contributed by atoms with Gasteiger partial charge in [-0.05, 0) is 30.0 Å². The molecule has 2 aromatic carbocycles. The molecule has 3 rings (SSSR count). The van der Waals surface area contributed by atoms with Crippen molar-refractivity contribution in [2.75, 3.05) is 0 Å². The molecule has 0 fully saturated rings. The van der Waals surface area contributed by atoms with Gasteiger partial charge < -0.3 is 10.4 Å². The molecule has 3 atom stereocenters. The van der Waals surface area contributed by atoms with Crippen molar-refractivity contribution < 1.29 is 9.90 Å². The molecule has 23 heavy (non-hydrogen) atoms. The summed E-state index contributed by atoms with van der Waals surface area (Å²) < 4.78 is 0. The Bertz CT molecular complexity index is 693. The lowest BCUT2D eigenvalue weighted by atomic mass is 9.98. The molecule has 2 aromatic rings. The van der Waals surface area contributed by atoms with E-state index in [2.05, 4.69) is 36.5 Å². The molecule has 0 bridgehead atoms. The van der Waals surface area contributed by atoms with Crippen molar-refractivity contribution in [3.63, 3.8) is 0 Å². The molecule has 1 aliphatic rings. The molecule has 3 unspecified atom stereocenters. The smallest absolute Gasteiger partial charge is 0.223 e. The summed E-state index contributed by atoms with van der Waals surface area (Å²) in [6.45, 7) is 3.99. The van der Waals surface area contributed by atoms with Gasteiger partial charge in [-0.2, -0.15) is 0 Å². The predicted octanol–water partition coefficient (Wildman–Crippen LogP) is 2.95. The molecule has 0 aliphatic heterocycles. The minimum absolute atomic E-state index is 0.00803. The monoisotopic (exact) mass is 309 g/mol. The van der Waals surface area contributed by atoms with Gasteiger partial charge in [-0.1, -0.05) is 61.0 Å². The number of hydrogen-bond donors (Lipinski definition) is 2. The minimum Gasteiger partial charge on any atom is -0.390 e. The number of aliphatic hydroxyl groups excluding tert-OH is 1. The second-order valence-corrected chi connectivity index (χ2v) is 6.55. The van der Waals surface area contributed by atoms with Crippen molar-refractivity contribution in [1.29, 1.82) is 0 Å². The number of aliphatic hydroxyl groups is 1. The van der Waals surface area contributed by atoms with Crippen LogP contribution in [0.4, 0.5) is 0 Å². The summed E-state index contributed by atoms with van der Waals surface area (Å²) in [6, 6.07) is 15.9. The van der Waals surface area contributed by atoms with E-state index in [1.54, 1.807) is 0 Å². The zero-order chi connectivity index (χ0) is 16.4. The summed E-state index contributed by atoms with van der Waals surface area (Å²) >= 11 is 0. The van der Waals surface area contributed by atoms with Crippen LogP contribution in [-0.4, -0.2) is 17.1 Å². The average molecular weight is 309 g/mol. The van der Waals surface area contributed by atoms with E-state index in [1.807, 2.05) is 31.2 Å². The molecule has 1 amide bonds. The van der Waals surface area contributed by atoms with Crippen LogP contribution in [0.25, 0.3) is 0 Å². The van der Waals surface area contributed by atoms with Crippen LogP contribution in [-0.2, 0) is 17.6 Å². The van der Waals surface area contributed by atoms with Gasteiger partial charge in [0.15, 0.2) is 0 Å². The third kappa shape index (κ3) is 3.45. The van der Waals surface area contributed by atoms with Crippen LogP contribution in [0, 0.1) is 12.8 Å². The zero-order valence-corrected chi connectivity index (χ0v) is 13.6. The molecule has 0 saturated heterocycles. The van der Waals surface area contributed by atoms with Gasteiger partial charge in [0.1, 0.15) is 0 Å². The Kier molecular flexibility index (Phi) is 4.49. The van der Waals surface area contributed by atoms with Crippen LogP contribution < -0.4 is 5.32 Å². The van der Waals surface area contributed by atoms with Gasteiger partial charge in [-0.25, -0.2) is 0 Å². The zero-order valence-electron chi connectivity index (χ0n) is 13.6. The SMILES string of the molecule is Cc1ccc(CC(C)C(=O)NC2c3ccccc3CC2O)cc1. The van der Waals surface area contributed by atoms with E-state index < -0.39 is 6.10 Å². The number of nitrogens with one attached hydrogen (secondary N) is 1. The summed E-state index contributed by atoms with van der Waals surface area (Å²) in [5.41, 5.74) is 4.54. The van der Waals surface area contributed by atoms with Gasteiger partial charge in [0, 0.05) is 12.3 Å². The Hall–Kier alpha value is -2.13. The maximum Gasteiger partial charge on any atom is 0.223 e. The molecule has 3 heteroatoms. The van der Waals surface area contributed by atoms with Crippen molar-refractivity contribution in [3.05, 3.63) is 70.8 Å². The summed E-state index contributed by atoms with van der Waals surface area (Å²) in [6.07, 6.45) is 0.771. The number of carbonyl (C=O) groups is 1. The molecule has 0 aromatic heterocycles. The highest BCUT2D eigenvalue weighted by molar-refractivity contribution is 5.79. The van der Waals surface area contributed by atoms with Gasteiger partial charge in [-0.3, -0.25) is 4.79 Å². The Morgan fingerprint density at radius 2 is 1.91 bits per heavy atom. The van der Waals surface area contributed by atoms with E-state index in [-0.39, 0.29) is 17.9 Å². The fourth-order valence-electron chi connectivity index (χ4n) is 3.21. The number of benzene rings is 2. The first-order valence-corrected chi connectivity index (χ1v) is 8.16. The fourth-order valence-corrected chi connectivity index (χ4v) is 3.21. The van der Waals surface area contributed by atoms with E-state index in [0.29, 0.717) is 12.8 Å². The highest BCUT2D eigenvalue weighted by Gasteiger charge is 2.32. The summed E-state index contributed by atoms with van der Waals surface area (Å²) in [5.74, 6) is -0.135. The number of rotatable bonds is 4. The lowest BCUT2D eigenvalue weighted by Crippen LogP contribution is -2.37. The molecule has 0 radical (unpaired) electrons. The van der Waals surface area contributed by atoms with Crippen LogP contribution in [0.3, 0.4) is 0 Å². The molecule has 0 saturated carbocycles. The van der Waals surface area contributed by atoms with Crippen LogP contribution in [0.5, 0.6) is 0 Å². The number of amides is 1. The quantitative estimate of drug-likeness (QED) is 0.912. The second kappa shape index (κ2) is 6.55. The van der Waals surface area contributed by atoms with E-state index in [0.717, 1.165) is 16.7 Å². The average Bonchev–Trinajstić information content (AvgIpc) is 2.85. The second-order valence-electron chi connectivity index (χ2n) is 6.55. The van der Waals surface area contributed by atoms with E-state index in [9.17, 15) is 9.90 Å². The van der Waals surface area contributed by atoms with Crippen LogP contribution in [0.2, 0.25) is 0 Å². The van der Waals surface area contributed by atoms with E-state index in [1.165, 1.54) is 5.56 Å². The van der Waals surface area contributed by atoms with Crippen molar-refractivity contribution in [3.8, 4) is 0 Å². The van der Waals surface area contributed by atoms with Crippen molar-refractivity contribution in [2.24, 2.45) is 5.92 Å². The Morgan fingerprint density at radius 1 is 1.22 bits per heavy atom.